The predicted molar refractivity (Wildman–Crippen MR) is 133 cm³/mol. The van der Waals surface area contributed by atoms with Crippen LogP contribution in [-0.4, -0.2) is 54.5 Å². The van der Waals surface area contributed by atoms with Gasteiger partial charge in [0.1, 0.15) is 6.04 Å². The van der Waals surface area contributed by atoms with Crippen molar-refractivity contribution >= 4 is 17.7 Å². The zero-order valence-corrected chi connectivity index (χ0v) is 20.9. The molecule has 190 valence electrons. The molecular weight excluding hydrogens is 442 g/mol. The minimum atomic E-state index is -0.554. The zero-order chi connectivity index (χ0) is 24.4. The van der Waals surface area contributed by atoms with Gasteiger partial charge in [0.05, 0.1) is 0 Å². The first kappa shape index (κ1) is 24.4. The Hall–Kier alpha value is -2.25. The number of ether oxygens (including phenoxy) is 1. The monoisotopic (exact) mass is 481 g/mol. The third kappa shape index (κ3) is 5.46. The van der Waals surface area contributed by atoms with Crippen LogP contribution in [0.25, 0.3) is 0 Å². The summed E-state index contributed by atoms with van der Waals surface area (Å²) in [6.45, 7) is 1.34. The van der Waals surface area contributed by atoms with Gasteiger partial charge < -0.3 is 15.0 Å². The van der Waals surface area contributed by atoms with Crippen LogP contribution < -0.4 is 10.6 Å². The SMILES string of the molecule is COC[C@H]1CC[C@H](N[C@H]2CCCC[C@@H]2Cc2ccc3c(c2)CN(C2CCC(=O)NC2=O)C3=O)CC1. The van der Waals surface area contributed by atoms with Gasteiger partial charge in [0.2, 0.25) is 11.8 Å². The summed E-state index contributed by atoms with van der Waals surface area (Å²) in [5.74, 6) is 0.629. The van der Waals surface area contributed by atoms with E-state index in [0.717, 1.165) is 18.6 Å². The topological polar surface area (TPSA) is 87.7 Å². The number of amides is 3. The molecule has 2 N–H and O–H groups in total. The molecule has 0 radical (unpaired) electrons. The fourth-order valence-electron chi connectivity index (χ4n) is 6.76. The molecule has 7 nitrogen and oxygen atoms in total. The molecule has 2 aliphatic heterocycles. The Morgan fingerprint density at radius 1 is 1.03 bits per heavy atom. The standard InChI is InChI=1S/C28H39N3O4/c1-35-17-18-6-9-22(10-7-18)29-24-5-3-2-4-20(24)14-19-8-11-23-21(15-19)16-31(28(23)34)25-12-13-26(32)30-27(25)33/h8,11,15,18,20,22,24-25,29H,2-7,9-10,12-14,16-17H2,1H3,(H,30,32,33)/t18-,20-,22-,24+,25?/m1/s1. The van der Waals surface area contributed by atoms with Crippen molar-refractivity contribution in [2.75, 3.05) is 13.7 Å². The first-order chi connectivity index (χ1) is 17.0. The lowest BCUT2D eigenvalue weighted by Crippen LogP contribution is -2.52. The molecule has 1 aromatic carbocycles. The Kier molecular flexibility index (Phi) is 7.54. The van der Waals surface area contributed by atoms with Gasteiger partial charge in [-0.3, -0.25) is 19.7 Å². The van der Waals surface area contributed by atoms with E-state index in [0.29, 0.717) is 42.4 Å². The van der Waals surface area contributed by atoms with E-state index in [1.54, 1.807) is 12.0 Å². The van der Waals surface area contributed by atoms with E-state index in [-0.39, 0.29) is 24.1 Å². The first-order valence-electron chi connectivity index (χ1n) is 13.5. The van der Waals surface area contributed by atoms with E-state index in [4.69, 9.17) is 4.74 Å². The van der Waals surface area contributed by atoms with E-state index in [1.165, 1.54) is 56.9 Å². The molecule has 1 saturated heterocycles. The highest BCUT2D eigenvalue weighted by atomic mass is 16.5. The summed E-state index contributed by atoms with van der Waals surface area (Å²) < 4.78 is 5.36. The molecule has 1 aromatic rings. The quantitative estimate of drug-likeness (QED) is 0.583. The van der Waals surface area contributed by atoms with Crippen LogP contribution in [0.4, 0.5) is 0 Å². The largest absolute Gasteiger partial charge is 0.384 e. The fourth-order valence-corrected chi connectivity index (χ4v) is 6.76. The van der Waals surface area contributed by atoms with Crippen molar-refractivity contribution in [3.8, 4) is 0 Å². The molecule has 3 fully saturated rings. The van der Waals surface area contributed by atoms with Crippen LogP contribution >= 0.6 is 0 Å². The molecule has 2 heterocycles. The van der Waals surface area contributed by atoms with Gasteiger partial charge in [-0.1, -0.05) is 25.0 Å². The first-order valence-corrected chi connectivity index (χ1v) is 13.5. The predicted octanol–water partition coefficient (Wildman–Crippen LogP) is 3.34. The van der Waals surface area contributed by atoms with Gasteiger partial charge in [0.15, 0.2) is 0 Å². The smallest absolute Gasteiger partial charge is 0.255 e. The van der Waals surface area contributed by atoms with Crippen LogP contribution in [0.15, 0.2) is 18.2 Å². The summed E-state index contributed by atoms with van der Waals surface area (Å²) >= 11 is 0. The normalized spacial score (nSPS) is 31.4. The number of carbonyl (C=O) groups excluding carboxylic acids is 3. The van der Waals surface area contributed by atoms with E-state index < -0.39 is 6.04 Å². The third-order valence-electron chi connectivity index (χ3n) is 8.69. The molecule has 5 rings (SSSR count). The number of nitrogens with one attached hydrogen (secondary N) is 2. The second-order valence-corrected chi connectivity index (χ2v) is 11.1. The van der Waals surface area contributed by atoms with Crippen LogP contribution in [0.3, 0.4) is 0 Å². The number of fused-ring (bicyclic) bond motifs is 1. The molecule has 3 amide bonds. The lowest BCUT2D eigenvalue weighted by atomic mass is 9.79. The maximum Gasteiger partial charge on any atom is 0.255 e. The highest BCUT2D eigenvalue weighted by Gasteiger charge is 2.39. The van der Waals surface area contributed by atoms with Gasteiger partial charge >= 0.3 is 0 Å². The van der Waals surface area contributed by atoms with Crippen LogP contribution in [0.2, 0.25) is 0 Å². The molecule has 0 spiro atoms. The summed E-state index contributed by atoms with van der Waals surface area (Å²) in [5.41, 5.74) is 2.99. The van der Waals surface area contributed by atoms with E-state index in [1.807, 2.05) is 6.07 Å². The summed E-state index contributed by atoms with van der Waals surface area (Å²) in [6, 6.07) is 6.85. The Bertz CT molecular complexity index is 956. The van der Waals surface area contributed by atoms with Crippen molar-refractivity contribution in [1.29, 1.82) is 0 Å². The van der Waals surface area contributed by atoms with Crippen LogP contribution in [-0.2, 0) is 27.3 Å². The minimum absolute atomic E-state index is 0.0951. The molecule has 2 aliphatic carbocycles. The lowest BCUT2D eigenvalue weighted by Gasteiger charge is -2.38. The third-order valence-corrected chi connectivity index (χ3v) is 8.69. The Labute approximate surface area is 208 Å². The van der Waals surface area contributed by atoms with Crippen molar-refractivity contribution in [1.82, 2.24) is 15.5 Å². The molecule has 7 heteroatoms. The van der Waals surface area contributed by atoms with Gasteiger partial charge in [-0.2, -0.15) is 0 Å². The number of carbonyl (C=O) groups is 3. The van der Waals surface area contributed by atoms with Crippen molar-refractivity contribution in [3.63, 3.8) is 0 Å². The summed E-state index contributed by atoms with van der Waals surface area (Å²) in [4.78, 5) is 38.5. The van der Waals surface area contributed by atoms with E-state index in [2.05, 4.69) is 22.8 Å². The van der Waals surface area contributed by atoms with E-state index >= 15 is 0 Å². The van der Waals surface area contributed by atoms with Gasteiger partial charge in [-0.05, 0) is 80.4 Å². The van der Waals surface area contributed by atoms with Crippen LogP contribution in [0.1, 0.15) is 85.7 Å². The number of piperidine rings is 1. The maximum atomic E-state index is 13.0. The fraction of sp³-hybridized carbons (Fsp3) is 0.679. The summed E-state index contributed by atoms with van der Waals surface area (Å²) in [7, 11) is 1.80. The molecule has 3 atom stereocenters. The van der Waals surface area contributed by atoms with Crippen molar-refractivity contribution in [2.24, 2.45) is 11.8 Å². The summed E-state index contributed by atoms with van der Waals surface area (Å²) in [6.07, 6.45) is 11.8. The van der Waals surface area contributed by atoms with Crippen LogP contribution in [0.5, 0.6) is 0 Å². The second kappa shape index (κ2) is 10.8. The van der Waals surface area contributed by atoms with Gasteiger partial charge in [0.25, 0.3) is 5.91 Å². The van der Waals surface area contributed by atoms with Gasteiger partial charge in [-0.15, -0.1) is 0 Å². The molecule has 4 aliphatic rings. The lowest BCUT2D eigenvalue weighted by molar-refractivity contribution is -0.136. The van der Waals surface area contributed by atoms with Crippen molar-refractivity contribution in [2.45, 2.75) is 95.3 Å². The number of methoxy groups -OCH3 is 1. The van der Waals surface area contributed by atoms with Crippen molar-refractivity contribution < 1.29 is 19.1 Å². The highest BCUT2D eigenvalue weighted by molar-refractivity contribution is 6.05. The van der Waals surface area contributed by atoms with Crippen LogP contribution in [0, 0.1) is 11.8 Å². The number of nitrogens with zero attached hydrogens (tertiary/aromatic N) is 1. The highest BCUT2D eigenvalue weighted by Crippen LogP contribution is 2.33. The number of imide groups is 1. The molecule has 2 saturated carbocycles. The maximum absolute atomic E-state index is 13.0. The number of rotatable bonds is 7. The Morgan fingerprint density at radius 3 is 2.60 bits per heavy atom. The Balaban J connectivity index is 1.21. The average molecular weight is 482 g/mol. The minimum Gasteiger partial charge on any atom is -0.384 e. The second-order valence-electron chi connectivity index (χ2n) is 11.1. The number of hydrogen-bond acceptors (Lipinski definition) is 5. The van der Waals surface area contributed by atoms with Crippen molar-refractivity contribution in [3.05, 3.63) is 34.9 Å². The average Bonchev–Trinajstić information content (AvgIpc) is 3.17. The molecule has 35 heavy (non-hydrogen) atoms. The molecular formula is C28H39N3O4. The Morgan fingerprint density at radius 2 is 1.83 bits per heavy atom. The van der Waals surface area contributed by atoms with Gasteiger partial charge in [-0.25, -0.2) is 0 Å². The molecule has 0 aromatic heterocycles. The zero-order valence-electron chi connectivity index (χ0n) is 20.9. The van der Waals surface area contributed by atoms with Gasteiger partial charge in [0, 0.05) is 44.3 Å². The molecule has 0 bridgehead atoms. The summed E-state index contributed by atoms with van der Waals surface area (Å²) in [5, 5.41) is 6.41. The number of benzene rings is 1. The number of hydrogen-bond donors (Lipinski definition) is 2. The van der Waals surface area contributed by atoms with E-state index in [9.17, 15) is 14.4 Å². The molecule has 1 unspecified atom stereocenters.